The van der Waals surface area contributed by atoms with E-state index < -0.39 is 0 Å². The summed E-state index contributed by atoms with van der Waals surface area (Å²) in [6.45, 7) is 6.06. The van der Waals surface area contributed by atoms with Crippen LogP contribution in [0.15, 0.2) is 42.5 Å². The number of anilines is 3. The molecule has 0 unspecified atom stereocenters. The summed E-state index contributed by atoms with van der Waals surface area (Å²) in [5.41, 5.74) is 15.5. The number of benzene rings is 2. The largest absolute Gasteiger partial charge is 0.483 e. The molecule has 0 saturated heterocycles. The maximum absolute atomic E-state index is 6.34. The highest BCUT2D eigenvalue weighted by molar-refractivity contribution is 5.67. The first-order valence-corrected chi connectivity index (χ1v) is 8.23. The minimum absolute atomic E-state index is 0.142. The molecule has 4 heteroatoms. The summed E-state index contributed by atoms with van der Waals surface area (Å²) in [5, 5.41) is 0. The second-order valence-electron chi connectivity index (χ2n) is 6.32. The van der Waals surface area contributed by atoms with Crippen molar-refractivity contribution in [3.8, 4) is 5.75 Å². The zero-order valence-corrected chi connectivity index (χ0v) is 13.9. The molecular weight excluding hydrogens is 286 g/mol. The monoisotopic (exact) mass is 311 g/mol. The molecule has 1 aliphatic rings. The Morgan fingerprint density at radius 1 is 1.00 bits per heavy atom. The van der Waals surface area contributed by atoms with Crippen molar-refractivity contribution in [1.29, 1.82) is 0 Å². The number of rotatable bonds is 4. The summed E-state index contributed by atoms with van der Waals surface area (Å²) in [6, 6.07) is 13.9. The standard InChI is InChI=1S/C19H25N3O/c1-3-19(4-2)13-22(12-14-5-7-15(20)8-6-14)17-11-16(21)9-10-18(17)23-19/h5-11H,3-4,12-13,20-21H2,1-2H3. The lowest BCUT2D eigenvalue weighted by Crippen LogP contribution is -2.50. The number of ether oxygens (including phenoxy) is 1. The quantitative estimate of drug-likeness (QED) is 0.843. The van der Waals surface area contributed by atoms with Gasteiger partial charge in [0, 0.05) is 17.9 Å². The zero-order chi connectivity index (χ0) is 16.4. The van der Waals surface area contributed by atoms with Crippen molar-refractivity contribution in [1.82, 2.24) is 0 Å². The number of nitrogens with two attached hydrogens (primary N) is 2. The van der Waals surface area contributed by atoms with E-state index in [2.05, 4.69) is 30.9 Å². The number of nitrogens with zero attached hydrogens (tertiary/aromatic N) is 1. The van der Waals surface area contributed by atoms with Crippen LogP contribution in [0.25, 0.3) is 0 Å². The van der Waals surface area contributed by atoms with Crippen molar-refractivity contribution < 1.29 is 4.74 Å². The molecule has 0 radical (unpaired) electrons. The smallest absolute Gasteiger partial charge is 0.143 e. The highest BCUT2D eigenvalue weighted by atomic mass is 16.5. The molecule has 23 heavy (non-hydrogen) atoms. The summed E-state index contributed by atoms with van der Waals surface area (Å²) < 4.78 is 6.34. The third-order valence-corrected chi connectivity index (χ3v) is 4.77. The maximum atomic E-state index is 6.34. The summed E-state index contributed by atoms with van der Waals surface area (Å²) in [4.78, 5) is 2.37. The average molecular weight is 311 g/mol. The van der Waals surface area contributed by atoms with Gasteiger partial charge in [-0.25, -0.2) is 0 Å². The first-order valence-electron chi connectivity index (χ1n) is 8.23. The number of hydrogen-bond acceptors (Lipinski definition) is 4. The van der Waals surface area contributed by atoms with E-state index >= 15 is 0 Å². The van der Waals surface area contributed by atoms with Gasteiger partial charge in [0.1, 0.15) is 11.4 Å². The minimum atomic E-state index is -0.142. The van der Waals surface area contributed by atoms with Gasteiger partial charge in [0.05, 0.1) is 12.2 Å². The zero-order valence-electron chi connectivity index (χ0n) is 13.9. The van der Waals surface area contributed by atoms with Crippen LogP contribution in [0.5, 0.6) is 5.75 Å². The molecule has 0 atom stereocenters. The molecule has 1 aliphatic heterocycles. The van der Waals surface area contributed by atoms with Gasteiger partial charge in [-0.2, -0.15) is 0 Å². The SMILES string of the molecule is CCC1(CC)CN(Cc2ccc(N)cc2)c2cc(N)ccc2O1. The van der Waals surface area contributed by atoms with Crippen molar-refractivity contribution in [3.05, 3.63) is 48.0 Å². The lowest BCUT2D eigenvalue weighted by molar-refractivity contribution is 0.0570. The van der Waals surface area contributed by atoms with E-state index in [1.54, 1.807) is 0 Å². The van der Waals surface area contributed by atoms with E-state index in [4.69, 9.17) is 16.2 Å². The van der Waals surface area contributed by atoms with E-state index in [1.807, 2.05) is 30.3 Å². The van der Waals surface area contributed by atoms with E-state index in [1.165, 1.54) is 5.56 Å². The van der Waals surface area contributed by atoms with Crippen LogP contribution in [-0.2, 0) is 6.54 Å². The highest BCUT2D eigenvalue weighted by Gasteiger charge is 2.37. The molecule has 4 N–H and O–H groups in total. The molecule has 1 heterocycles. The molecule has 122 valence electrons. The van der Waals surface area contributed by atoms with E-state index in [-0.39, 0.29) is 5.60 Å². The molecule has 2 aromatic rings. The van der Waals surface area contributed by atoms with Crippen LogP contribution < -0.4 is 21.1 Å². The first-order chi connectivity index (χ1) is 11.0. The Labute approximate surface area is 138 Å². The van der Waals surface area contributed by atoms with Gasteiger partial charge in [0.15, 0.2) is 0 Å². The van der Waals surface area contributed by atoms with Crippen LogP contribution in [0.3, 0.4) is 0 Å². The molecule has 0 fully saturated rings. The van der Waals surface area contributed by atoms with Crippen LogP contribution >= 0.6 is 0 Å². The van der Waals surface area contributed by atoms with Crippen LogP contribution in [0.4, 0.5) is 17.1 Å². The van der Waals surface area contributed by atoms with Gasteiger partial charge in [-0.3, -0.25) is 0 Å². The Kier molecular flexibility index (Phi) is 4.07. The van der Waals surface area contributed by atoms with E-state index in [9.17, 15) is 0 Å². The summed E-state index contributed by atoms with van der Waals surface area (Å²) in [5.74, 6) is 0.921. The van der Waals surface area contributed by atoms with Crippen molar-refractivity contribution in [3.63, 3.8) is 0 Å². The summed E-state index contributed by atoms with van der Waals surface area (Å²) >= 11 is 0. The van der Waals surface area contributed by atoms with Crippen LogP contribution in [0, 0.1) is 0 Å². The molecule has 0 bridgehead atoms. The second kappa shape index (κ2) is 6.03. The highest BCUT2D eigenvalue weighted by Crippen LogP contribution is 2.41. The van der Waals surface area contributed by atoms with Gasteiger partial charge in [-0.1, -0.05) is 26.0 Å². The van der Waals surface area contributed by atoms with Crippen molar-refractivity contribution >= 4 is 17.1 Å². The average Bonchev–Trinajstić information content (AvgIpc) is 2.57. The molecular formula is C19H25N3O. The fourth-order valence-electron chi connectivity index (χ4n) is 3.17. The Hall–Kier alpha value is -2.36. The van der Waals surface area contributed by atoms with Gasteiger partial charge >= 0.3 is 0 Å². The van der Waals surface area contributed by atoms with E-state index in [0.717, 1.165) is 48.7 Å². The van der Waals surface area contributed by atoms with Crippen molar-refractivity contribution in [2.24, 2.45) is 0 Å². The Bertz CT molecular complexity index is 678. The van der Waals surface area contributed by atoms with Gasteiger partial charge < -0.3 is 21.1 Å². The number of fused-ring (bicyclic) bond motifs is 1. The van der Waals surface area contributed by atoms with Crippen molar-refractivity contribution in [2.75, 3.05) is 22.9 Å². The second-order valence-corrected chi connectivity index (χ2v) is 6.32. The van der Waals surface area contributed by atoms with Crippen LogP contribution in [0.2, 0.25) is 0 Å². The lowest BCUT2D eigenvalue weighted by Gasteiger charge is -2.44. The molecule has 0 spiro atoms. The van der Waals surface area contributed by atoms with Crippen LogP contribution in [0.1, 0.15) is 32.3 Å². The number of hydrogen-bond donors (Lipinski definition) is 2. The summed E-state index contributed by atoms with van der Waals surface area (Å²) in [6.07, 6.45) is 1.96. The molecule has 4 nitrogen and oxygen atoms in total. The Morgan fingerprint density at radius 2 is 1.65 bits per heavy atom. The molecule has 3 rings (SSSR count). The molecule has 0 aromatic heterocycles. The molecule has 2 aromatic carbocycles. The van der Waals surface area contributed by atoms with Gasteiger partial charge in [0.2, 0.25) is 0 Å². The molecule has 0 saturated carbocycles. The molecule has 0 aliphatic carbocycles. The number of nitrogen functional groups attached to an aromatic ring is 2. The topological polar surface area (TPSA) is 64.5 Å². The van der Waals surface area contributed by atoms with Gasteiger partial charge in [0.25, 0.3) is 0 Å². The van der Waals surface area contributed by atoms with E-state index in [0.29, 0.717) is 0 Å². The summed E-state index contributed by atoms with van der Waals surface area (Å²) in [7, 11) is 0. The Morgan fingerprint density at radius 3 is 2.30 bits per heavy atom. The van der Waals surface area contributed by atoms with Gasteiger partial charge in [-0.05, 0) is 48.7 Å². The third-order valence-electron chi connectivity index (χ3n) is 4.77. The predicted molar refractivity (Wildman–Crippen MR) is 96.7 cm³/mol. The van der Waals surface area contributed by atoms with Gasteiger partial charge in [-0.15, -0.1) is 0 Å². The Balaban J connectivity index is 1.96. The first kappa shape index (κ1) is 15.5. The minimum Gasteiger partial charge on any atom is -0.483 e. The maximum Gasteiger partial charge on any atom is 0.143 e. The fourth-order valence-corrected chi connectivity index (χ4v) is 3.17. The van der Waals surface area contributed by atoms with Crippen LogP contribution in [-0.4, -0.2) is 12.1 Å². The predicted octanol–water partition coefficient (Wildman–Crippen LogP) is 3.81. The third kappa shape index (κ3) is 3.07. The lowest BCUT2D eigenvalue weighted by atomic mass is 9.93. The fraction of sp³-hybridized carbons (Fsp3) is 0.368. The van der Waals surface area contributed by atoms with Crippen molar-refractivity contribution in [2.45, 2.75) is 38.8 Å². The normalized spacial score (nSPS) is 15.8. The molecule has 0 amide bonds.